The first-order chi connectivity index (χ1) is 13.0. The number of ether oxygens (including phenoxy) is 1. The van der Waals surface area contributed by atoms with Gasteiger partial charge in [-0.05, 0) is 60.7 Å². The minimum absolute atomic E-state index is 0.0687. The van der Waals surface area contributed by atoms with Gasteiger partial charge >= 0.3 is 0 Å². The molecule has 2 N–H and O–H groups in total. The highest BCUT2D eigenvalue weighted by Crippen LogP contribution is 2.21. The van der Waals surface area contributed by atoms with Crippen molar-refractivity contribution in [3.8, 4) is 5.75 Å². The fraction of sp³-hybridized carbons (Fsp3) is 0.143. The molecule has 3 rings (SSSR count). The molecular weight excluding hydrogens is 360 g/mol. The first-order valence-corrected chi connectivity index (χ1v) is 9.34. The molecule has 0 aliphatic carbocycles. The average molecular weight is 380 g/mol. The number of hydrogen-bond acceptors (Lipinski definition) is 4. The van der Waals surface area contributed by atoms with Gasteiger partial charge in [0.15, 0.2) is 6.61 Å². The zero-order chi connectivity index (χ0) is 19.2. The number of aryl methyl sites for hydroxylation is 2. The van der Waals surface area contributed by atoms with Crippen molar-refractivity contribution in [2.45, 2.75) is 13.8 Å². The predicted molar refractivity (Wildman–Crippen MR) is 109 cm³/mol. The van der Waals surface area contributed by atoms with Gasteiger partial charge in [-0.15, -0.1) is 11.3 Å². The lowest BCUT2D eigenvalue weighted by atomic mass is 10.1. The minimum Gasteiger partial charge on any atom is -0.483 e. The van der Waals surface area contributed by atoms with Gasteiger partial charge in [-0.2, -0.15) is 0 Å². The fourth-order valence-electron chi connectivity index (χ4n) is 2.53. The second-order valence-corrected chi connectivity index (χ2v) is 7.01. The molecule has 2 amide bonds. The fourth-order valence-corrected chi connectivity index (χ4v) is 3.15. The quantitative estimate of drug-likeness (QED) is 0.655. The molecule has 0 fully saturated rings. The van der Waals surface area contributed by atoms with Crippen LogP contribution in [-0.4, -0.2) is 18.4 Å². The SMILES string of the molecule is Cc1cc(NC(=O)COc2ccccc2C)ccc1NC(=O)c1cccs1. The number of thiophene rings is 1. The number of nitrogens with one attached hydrogen (secondary N) is 2. The highest BCUT2D eigenvalue weighted by molar-refractivity contribution is 7.12. The zero-order valence-electron chi connectivity index (χ0n) is 15.1. The second kappa shape index (κ2) is 8.51. The van der Waals surface area contributed by atoms with Crippen molar-refractivity contribution in [2.75, 3.05) is 17.2 Å². The molecule has 0 saturated heterocycles. The Morgan fingerprint density at radius 3 is 2.48 bits per heavy atom. The van der Waals surface area contributed by atoms with Gasteiger partial charge in [0.05, 0.1) is 4.88 Å². The molecule has 0 atom stereocenters. The van der Waals surface area contributed by atoms with Crippen LogP contribution in [0.25, 0.3) is 0 Å². The van der Waals surface area contributed by atoms with E-state index < -0.39 is 0 Å². The molecule has 0 bridgehead atoms. The van der Waals surface area contributed by atoms with Crippen LogP contribution in [0.4, 0.5) is 11.4 Å². The van der Waals surface area contributed by atoms with E-state index in [0.29, 0.717) is 22.0 Å². The average Bonchev–Trinajstić information content (AvgIpc) is 3.18. The lowest BCUT2D eigenvalue weighted by Gasteiger charge is -2.12. The first kappa shape index (κ1) is 18.7. The first-order valence-electron chi connectivity index (χ1n) is 8.47. The molecule has 6 heteroatoms. The molecule has 0 spiro atoms. The topological polar surface area (TPSA) is 67.4 Å². The standard InChI is InChI=1S/C21H20N2O3S/c1-14-6-3-4-7-18(14)26-13-20(24)22-16-9-10-17(15(2)12-16)23-21(25)19-8-5-11-27-19/h3-12H,13H2,1-2H3,(H,22,24)(H,23,25). The van der Waals surface area contributed by atoms with Crippen molar-refractivity contribution in [3.63, 3.8) is 0 Å². The Labute approximate surface area is 162 Å². The molecule has 0 aliphatic heterocycles. The van der Waals surface area contributed by atoms with Gasteiger partial charge in [0.2, 0.25) is 0 Å². The Morgan fingerprint density at radius 1 is 0.963 bits per heavy atom. The molecule has 1 aromatic heterocycles. The maximum atomic E-state index is 12.2. The molecule has 1 heterocycles. The number of rotatable bonds is 6. The normalized spacial score (nSPS) is 10.3. The number of benzene rings is 2. The van der Waals surface area contributed by atoms with Gasteiger partial charge in [-0.25, -0.2) is 0 Å². The number of hydrogen-bond donors (Lipinski definition) is 2. The Bertz CT molecular complexity index is 952. The predicted octanol–water partition coefficient (Wildman–Crippen LogP) is 4.63. The van der Waals surface area contributed by atoms with Gasteiger partial charge in [0, 0.05) is 11.4 Å². The van der Waals surface area contributed by atoms with Crippen molar-refractivity contribution in [3.05, 3.63) is 76.0 Å². The van der Waals surface area contributed by atoms with Crippen LogP contribution in [0, 0.1) is 13.8 Å². The van der Waals surface area contributed by atoms with Crippen LogP contribution in [0.5, 0.6) is 5.75 Å². The third-order valence-corrected chi connectivity index (χ3v) is 4.82. The number of carbonyl (C=O) groups is 2. The summed E-state index contributed by atoms with van der Waals surface area (Å²) in [5, 5.41) is 7.55. The summed E-state index contributed by atoms with van der Waals surface area (Å²) in [6.45, 7) is 3.74. The molecule has 0 aliphatic rings. The minimum atomic E-state index is -0.243. The van der Waals surface area contributed by atoms with E-state index in [-0.39, 0.29) is 18.4 Å². The summed E-state index contributed by atoms with van der Waals surface area (Å²) in [5.74, 6) is 0.306. The van der Waals surface area contributed by atoms with Crippen LogP contribution in [-0.2, 0) is 4.79 Å². The summed E-state index contributed by atoms with van der Waals surface area (Å²) in [6, 6.07) is 16.5. The van der Waals surface area contributed by atoms with Crippen LogP contribution in [0.1, 0.15) is 20.8 Å². The van der Waals surface area contributed by atoms with E-state index in [9.17, 15) is 9.59 Å². The monoisotopic (exact) mass is 380 g/mol. The van der Waals surface area contributed by atoms with Gasteiger partial charge in [0.1, 0.15) is 5.75 Å². The third-order valence-electron chi connectivity index (χ3n) is 3.96. The van der Waals surface area contributed by atoms with Crippen LogP contribution in [0.2, 0.25) is 0 Å². The van der Waals surface area contributed by atoms with Crippen molar-refractivity contribution in [1.29, 1.82) is 0 Å². The Kier molecular flexibility index (Phi) is 5.88. The molecule has 0 unspecified atom stereocenters. The van der Waals surface area contributed by atoms with Crippen LogP contribution < -0.4 is 15.4 Å². The zero-order valence-corrected chi connectivity index (χ0v) is 15.9. The lowest BCUT2D eigenvalue weighted by molar-refractivity contribution is -0.118. The summed E-state index contributed by atoms with van der Waals surface area (Å²) in [6.07, 6.45) is 0. The Hall–Kier alpha value is -3.12. The summed E-state index contributed by atoms with van der Waals surface area (Å²) < 4.78 is 5.55. The van der Waals surface area contributed by atoms with Crippen LogP contribution in [0.3, 0.4) is 0 Å². The summed E-state index contributed by atoms with van der Waals surface area (Å²) in [7, 11) is 0. The maximum Gasteiger partial charge on any atom is 0.265 e. The highest BCUT2D eigenvalue weighted by atomic mass is 32.1. The number of amides is 2. The van der Waals surface area contributed by atoms with Crippen molar-refractivity contribution in [2.24, 2.45) is 0 Å². The summed E-state index contributed by atoms with van der Waals surface area (Å²) >= 11 is 1.39. The Balaban J connectivity index is 1.57. The van der Waals surface area contributed by atoms with E-state index in [2.05, 4.69) is 10.6 Å². The van der Waals surface area contributed by atoms with E-state index in [0.717, 1.165) is 11.1 Å². The molecule has 2 aromatic carbocycles. The molecule has 27 heavy (non-hydrogen) atoms. The lowest BCUT2D eigenvalue weighted by Crippen LogP contribution is -2.20. The van der Waals surface area contributed by atoms with Crippen molar-refractivity contribution < 1.29 is 14.3 Å². The third kappa shape index (κ3) is 4.95. The number of carbonyl (C=O) groups excluding carboxylic acids is 2. The van der Waals surface area contributed by atoms with Gasteiger partial charge in [-0.1, -0.05) is 24.3 Å². The van der Waals surface area contributed by atoms with Crippen molar-refractivity contribution >= 4 is 34.5 Å². The van der Waals surface area contributed by atoms with Gasteiger partial charge in [0.25, 0.3) is 11.8 Å². The maximum absolute atomic E-state index is 12.2. The van der Waals surface area contributed by atoms with E-state index in [1.54, 1.807) is 18.2 Å². The highest BCUT2D eigenvalue weighted by Gasteiger charge is 2.10. The van der Waals surface area contributed by atoms with E-state index in [1.807, 2.05) is 55.6 Å². The Morgan fingerprint density at radius 2 is 1.78 bits per heavy atom. The van der Waals surface area contributed by atoms with Gasteiger partial charge in [-0.3, -0.25) is 9.59 Å². The van der Waals surface area contributed by atoms with E-state index >= 15 is 0 Å². The van der Waals surface area contributed by atoms with E-state index in [1.165, 1.54) is 11.3 Å². The van der Waals surface area contributed by atoms with E-state index in [4.69, 9.17) is 4.74 Å². The number of para-hydroxylation sites is 1. The molecule has 0 saturated carbocycles. The molecular formula is C21H20N2O3S. The molecule has 0 radical (unpaired) electrons. The second-order valence-electron chi connectivity index (χ2n) is 6.06. The number of anilines is 2. The largest absolute Gasteiger partial charge is 0.483 e. The smallest absolute Gasteiger partial charge is 0.265 e. The van der Waals surface area contributed by atoms with Crippen LogP contribution in [0.15, 0.2) is 60.0 Å². The molecule has 3 aromatic rings. The van der Waals surface area contributed by atoms with Crippen molar-refractivity contribution in [1.82, 2.24) is 0 Å². The van der Waals surface area contributed by atoms with Crippen LogP contribution >= 0.6 is 11.3 Å². The molecule has 5 nitrogen and oxygen atoms in total. The summed E-state index contributed by atoms with van der Waals surface area (Å²) in [5.41, 5.74) is 3.20. The molecule has 138 valence electrons. The summed E-state index contributed by atoms with van der Waals surface area (Å²) in [4.78, 5) is 24.9. The van der Waals surface area contributed by atoms with Gasteiger partial charge < -0.3 is 15.4 Å².